The van der Waals surface area contributed by atoms with Crippen molar-refractivity contribution in [2.45, 2.75) is 26.2 Å². The van der Waals surface area contributed by atoms with E-state index in [1.165, 1.54) is 6.07 Å². The van der Waals surface area contributed by atoms with Gasteiger partial charge in [-0.2, -0.15) is 0 Å². The van der Waals surface area contributed by atoms with Gasteiger partial charge in [-0.25, -0.2) is 4.39 Å². The summed E-state index contributed by atoms with van der Waals surface area (Å²) in [7, 11) is 3.91. The first-order chi connectivity index (χ1) is 8.86. The van der Waals surface area contributed by atoms with Gasteiger partial charge in [0, 0.05) is 26.1 Å². The molecule has 5 heteroatoms. The Morgan fingerprint density at radius 1 is 1.35 bits per heavy atom. The van der Waals surface area contributed by atoms with Gasteiger partial charge in [-0.15, -0.1) is 24.0 Å². The van der Waals surface area contributed by atoms with Crippen molar-refractivity contribution in [2.75, 3.05) is 27.2 Å². The molecule has 0 aromatic heterocycles. The molecule has 0 aliphatic carbocycles. The van der Waals surface area contributed by atoms with Crippen molar-refractivity contribution in [3.05, 3.63) is 35.6 Å². The zero-order valence-electron chi connectivity index (χ0n) is 12.9. The molecule has 1 N–H and O–H groups in total. The summed E-state index contributed by atoms with van der Waals surface area (Å²) in [5, 5.41) is 3.22. The van der Waals surface area contributed by atoms with Crippen LogP contribution in [0.15, 0.2) is 29.3 Å². The van der Waals surface area contributed by atoms with E-state index in [2.05, 4.69) is 24.2 Å². The minimum atomic E-state index is -0.200. The molecule has 0 radical (unpaired) electrons. The maximum Gasteiger partial charge on any atom is 0.193 e. The van der Waals surface area contributed by atoms with E-state index < -0.39 is 0 Å². The Hall–Kier alpha value is -0.850. The molecule has 1 aromatic rings. The molecule has 0 unspecified atom stereocenters. The van der Waals surface area contributed by atoms with Crippen molar-refractivity contribution in [3.8, 4) is 0 Å². The van der Waals surface area contributed by atoms with Crippen molar-refractivity contribution in [1.29, 1.82) is 0 Å². The van der Waals surface area contributed by atoms with Crippen LogP contribution in [0.1, 0.15) is 26.3 Å². The molecule has 0 saturated carbocycles. The zero-order chi connectivity index (χ0) is 14.5. The minimum absolute atomic E-state index is 0. The molecule has 0 spiro atoms. The Morgan fingerprint density at radius 3 is 2.50 bits per heavy atom. The van der Waals surface area contributed by atoms with Crippen LogP contribution in [-0.4, -0.2) is 38.0 Å². The molecule has 0 bridgehead atoms. The Kier molecular flexibility index (Phi) is 8.08. The normalized spacial score (nSPS) is 11.8. The first kappa shape index (κ1) is 19.1. The number of benzene rings is 1. The monoisotopic (exact) mass is 393 g/mol. The molecular weight excluding hydrogens is 368 g/mol. The number of rotatable bonds is 4. The van der Waals surface area contributed by atoms with Crippen molar-refractivity contribution in [3.63, 3.8) is 0 Å². The molecule has 20 heavy (non-hydrogen) atoms. The molecule has 0 heterocycles. The summed E-state index contributed by atoms with van der Waals surface area (Å²) in [6.45, 7) is 7.63. The van der Waals surface area contributed by atoms with E-state index >= 15 is 0 Å². The van der Waals surface area contributed by atoms with Crippen LogP contribution in [-0.2, 0) is 5.41 Å². The lowest BCUT2D eigenvalue weighted by Crippen LogP contribution is -2.37. The predicted molar refractivity (Wildman–Crippen MR) is 94.5 cm³/mol. The van der Waals surface area contributed by atoms with Gasteiger partial charge in [0.2, 0.25) is 0 Å². The molecule has 3 nitrogen and oxygen atoms in total. The summed E-state index contributed by atoms with van der Waals surface area (Å²) in [5.74, 6) is 0.654. The van der Waals surface area contributed by atoms with Crippen molar-refractivity contribution < 1.29 is 4.39 Å². The quantitative estimate of drug-likeness (QED) is 0.483. The summed E-state index contributed by atoms with van der Waals surface area (Å²) in [6, 6.07) is 6.74. The van der Waals surface area contributed by atoms with E-state index in [0.29, 0.717) is 6.54 Å². The summed E-state index contributed by atoms with van der Waals surface area (Å²) in [5.41, 5.74) is 0.768. The van der Waals surface area contributed by atoms with Gasteiger partial charge in [0.1, 0.15) is 5.82 Å². The Labute approximate surface area is 138 Å². The van der Waals surface area contributed by atoms with E-state index in [0.717, 1.165) is 18.1 Å². The van der Waals surface area contributed by atoms with E-state index in [-0.39, 0.29) is 35.2 Å². The molecule has 0 aliphatic rings. The number of nitrogens with one attached hydrogen (secondary N) is 1. The smallest absolute Gasteiger partial charge is 0.193 e. The Morgan fingerprint density at radius 2 is 2.00 bits per heavy atom. The van der Waals surface area contributed by atoms with Crippen molar-refractivity contribution in [2.24, 2.45) is 4.99 Å². The third kappa shape index (κ3) is 5.64. The molecule has 0 fully saturated rings. The number of halogens is 2. The standard InChI is InChI=1S/C15H24FN3.HI/c1-6-17-14(19(4)5)18-11-15(2,3)12-8-7-9-13(16)10-12;/h7-10H,6,11H2,1-5H3,(H,17,18);1H. The number of nitrogens with zero attached hydrogens (tertiary/aromatic N) is 2. The molecule has 0 saturated heterocycles. The highest BCUT2D eigenvalue weighted by molar-refractivity contribution is 14.0. The minimum Gasteiger partial charge on any atom is -0.357 e. The summed E-state index contributed by atoms with van der Waals surface area (Å²) >= 11 is 0. The van der Waals surface area contributed by atoms with Crippen LogP contribution >= 0.6 is 24.0 Å². The second kappa shape index (κ2) is 8.44. The maximum absolute atomic E-state index is 13.3. The van der Waals surface area contributed by atoms with Gasteiger partial charge >= 0.3 is 0 Å². The number of hydrogen-bond donors (Lipinski definition) is 1. The third-order valence-electron chi connectivity index (χ3n) is 2.99. The molecule has 114 valence electrons. The summed E-state index contributed by atoms with van der Waals surface area (Å²) in [4.78, 5) is 6.55. The van der Waals surface area contributed by atoms with Gasteiger partial charge in [-0.1, -0.05) is 26.0 Å². The van der Waals surface area contributed by atoms with Crippen LogP contribution in [0.5, 0.6) is 0 Å². The van der Waals surface area contributed by atoms with Crippen LogP contribution in [0.2, 0.25) is 0 Å². The van der Waals surface area contributed by atoms with Crippen molar-refractivity contribution >= 4 is 29.9 Å². The summed E-state index contributed by atoms with van der Waals surface area (Å²) < 4.78 is 13.3. The van der Waals surface area contributed by atoms with E-state index in [1.807, 2.05) is 32.0 Å². The molecule has 0 aliphatic heterocycles. The first-order valence-corrected chi connectivity index (χ1v) is 6.58. The number of hydrogen-bond acceptors (Lipinski definition) is 1. The van der Waals surface area contributed by atoms with E-state index in [4.69, 9.17) is 0 Å². The summed E-state index contributed by atoms with van der Waals surface area (Å²) in [6.07, 6.45) is 0. The van der Waals surface area contributed by atoms with Crippen LogP contribution in [0.4, 0.5) is 4.39 Å². The third-order valence-corrected chi connectivity index (χ3v) is 2.99. The molecule has 1 aromatic carbocycles. The molecular formula is C15H25FIN3. The maximum atomic E-state index is 13.3. The molecule has 1 rings (SSSR count). The molecule has 0 atom stereocenters. The fourth-order valence-corrected chi connectivity index (χ4v) is 1.79. The van der Waals surface area contributed by atoms with Crippen LogP contribution in [0, 0.1) is 5.82 Å². The van der Waals surface area contributed by atoms with Gasteiger partial charge in [-0.05, 0) is 24.6 Å². The lowest BCUT2D eigenvalue weighted by atomic mass is 9.85. The van der Waals surface area contributed by atoms with Crippen molar-refractivity contribution in [1.82, 2.24) is 10.2 Å². The Bertz CT molecular complexity index is 444. The highest BCUT2D eigenvalue weighted by Crippen LogP contribution is 2.24. The van der Waals surface area contributed by atoms with E-state index in [1.54, 1.807) is 12.1 Å². The SMILES string of the molecule is CCNC(=NCC(C)(C)c1cccc(F)c1)N(C)C.I. The fourth-order valence-electron chi connectivity index (χ4n) is 1.79. The lowest BCUT2D eigenvalue weighted by Gasteiger charge is -2.25. The second-order valence-electron chi connectivity index (χ2n) is 5.46. The van der Waals surface area contributed by atoms with Gasteiger partial charge in [0.15, 0.2) is 5.96 Å². The first-order valence-electron chi connectivity index (χ1n) is 6.58. The average Bonchev–Trinajstić information content (AvgIpc) is 2.34. The van der Waals surface area contributed by atoms with Gasteiger partial charge < -0.3 is 10.2 Å². The van der Waals surface area contributed by atoms with Gasteiger partial charge in [0.05, 0.1) is 6.54 Å². The topological polar surface area (TPSA) is 27.6 Å². The number of aliphatic imine (C=N–C) groups is 1. The fraction of sp³-hybridized carbons (Fsp3) is 0.533. The van der Waals surface area contributed by atoms with Crippen LogP contribution < -0.4 is 5.32 Å². The highest BCUT2D eigenvalue weighted by atomic mass is 127. The predicted octanol–water partition coefficient (Wildman–Crippen LogP) is 3.25. The Balaban J connectivity index is 0.00000361. The van der Waals surface area contributed by atoms with Gasteiger partial charge in [-0.3, -0.25) is 4.99 Å². The largest absolute Gasteiger partial charge is 0.357 e. The van der Waals surface area contributed by atoms with Gasteiger partial charge in [0.25, 0.3) is 0 Å². The zero-order valence-corrected chi connectivity index (χ0v) is 15.2. The highest BCUT2D eigenvalue weighted by Gasteiger charge is 2.21. The van der Waals surface area contributed by atoms with Crippen LogP contribution in [0.3, 0.4) is 0 Å². The van der Waals surface area contributed by atoms with E-state index in [9.17, 15) is 4.39 Å². The average molecular weight is 393 g/mol. The second-order valence-corrected chi connectivity index (χ2v) is 5.46. The van der Waals surface area contributed by atoms with Crippen LogP contribution in [0.25, 0.3) is 0 Å². The molecule has 0 amide bonds. The lowest BCUT2D eigenvalue weighted by molar-refractivity contribution is 0.516. The number of guanidine groups is 1.